The van der Waals surface area contributed by atoms with Crippen molar-refractivity contribution in [3.8, 4) is 0 Å². The molecule has 25 heavy (non-hydrogen) atoms. The molecule has 8 heteroatoms. The van der Waals surface area contributed by atoms with Gasteiger partial charge in [-0.2, -0.15) is 16.9 Å². The SMILES string of the molecule is CCNC(=NCC1(O)CCSC1)N1CCC(Cc2cnn(C)c2)C1.I. The van der Waals surface area contributed by atoms with Crippen LogP contribution in [0.15, 0.2) is 17.4 Å². The second-order valence-electron chi connectivity index (χ2n) is 7.02. The molecule has 3 heterocycles. The maximum Gasteiger partial charge on any atom is 0.194 e. The maximum atomic E-state index is 10.5. The molecule has 0 radical (unpaired) electrons. The van der Waals surface area contributed by atoms with Crippen LogP contribution in [0, 0.1) is 5.92 Å². The molecule has 2 saturated heterocycles. The number of nitrogens with zero attached hydrogens (tertiary/aromatic N) is 4. The first-order valence-corrected chi connectivity index (χ1v) is 10.0. The molecule has 2 aliphatic heterocycles. The normalized spacial score (nSPS) is 26.8. The van der Waals surface area contributed by atoms with E-state index in [9.17, 15) is 5.11 Å². The van der Waals surface area contributed by atoms with Gasteiger partial charge in [-0.25, -0.2) is 0 Å². The van der Waals surface area contributed by atoms with Crippen LogP contribution in [-0.4, -0.2) is 69.0 Å². The third-order valence-corrected chi connectivity index (χ3v) is 6.04. The lowest BCUT2D eigenvalue weighted by molar-refractivity contribution is 0.0776. The van der Waals surface area contributed by atoms with E-state index >= 15 is 0 Å². The van der Waals surface area contributed by atoms with Crippen LogP contribution in [0.25, 0.3) is 0 Å². The zero-order valence-corrected chi connectivity index (χ0v) is 18.3. The highest BCUT2D eigenvalue weighted by atomic mass is 127. The van der Waals surface area contributed by atoms with Crippen molar-refractivity contribution in [2.24, 2.45) is 18.0 Å². The van der Waals surface area contributed by atoms with Crippen molar-refractivity contribution in [3.63, 3.8) is 0 Å². The molecule has 2 N–H and O–H groups in total. The van der Waals surface area contributed by atoms with Crippen molar-refractivity contribution in [3.05, 3.63) is 18.0 Å². The zero-order valence-electron chi connectivity index (χ0n) is 15.1. The molecule has 6 nitrogen and oxygen atoms in total. The van der Waals surface area contributed by atoms with Crippen LogP contribution >= 0.6 is 35.7 Å². The van der Waals surface area contributed by atoms with Gasteiger partial charge in [-0.1, -0.05) is 0 Å². The third-order valence-electron chi connectivity index (χ3n) is 4.81. The van der Waals surface area contributed by atoms with E-state index < -0.39 is 5.60 Å². The number of hydrogen-bond donors (Lipinski definition) is 2. The number of guanidine groups is 1. The number of aliphatic imine (C=N–C) groups is 1. The van der Waals surface area contributed by atoms with Crippen LogP contribution in [0.1, 0.15) is 25.3 Å². The highest BCUT2D eigenvalue weighted by Crippen LogP contribution is 2.28. The molecule has 2 fully saturated rings. The summed E-state index contributed by atoms with van der Waals surface area (Å²) in [5, 5.41) is 18.2. The summed E-state index contributed by atoms with van der Waals surface area (Å²) in [6, 6.07) is 0. The third kappa shape index (κ3) is 5.75. The molecule has 0 spiro atoms. The number of thioether (sulfide) groups is 1. The summed E-state index contributed by atoms with van der Waals surface area (Å²) in [5.41, 5.74) is 0.698. The first-order valence-electron chi connectivity index (χ1n) is 8.89. The quantitative estimate of drug-likeness (QED) is 0.383. The average Bonchev–Trinajstić information content (AvgIpc) is 3.27. The van der Waals surface area contributed by atoms with Crippen molar-refractivity contribution in [1.29, 1.82) is 0 Å². The molecule has 2 aliphatic rings. The predicted molar refractivity (Wildman–Crippen MR) is 115 cm³/mol. The Morgan fingerprint density at radius 3 is 3.04 bits per heavy atom. The summed E-state index contributed by atoms with van der Waals surface area (Å²) in [5.74, 6) is 3.44. The molecule has 142 valence electrons. The summed E-state index contributed by atoms with van der Waals surface area (Å²) < 4.78 is 1.87. The average molecular weight is 479 g/mol. The first-order chi connectivity index (χ1) is 11.6. The summed E-state index contributed by atoms with van der Waals surface area (Å²) in [7, 11) is 1.96. The van der Waals surface area contributed by atoms with Crippen LogP contribution in [0.3, 0.4) is 0 Å². The van der Waals surface area contributed by atoms with Crippen LogP contribution in [0.2, 0.25) is 0 Å². The molecule has 0 aliphatic carbocycles. The number of aliphatic hydroxyl groups is 1. The van der Waals surface area contributed by atoms with Gasteiger partial charge < -0.3 is 15.3 Å². The van der Waals surface area contributed by atoms with E-state index in [-0.39, 0.29) is 24.0 Å². The highest BCUT2D eigenvalue weighted by molar-refractivity contribution is 14.0. The molecule has 1 aromatic rings. The molecule has 2 atom stereocenters. The smallest absolute Gasteiger partial charge is 0.194 e. The first kappa shape index (κ1) is 20.8. The molecule has 3 rings (SSSR count). The van der Waals surface area contributed by atoms with Crippen molar-refractivity contribution in [1.82, 2.24) is 20.0 Å². The Balaban J connectivity index is 0.00000225. The van der Waals surface area contributed by atoms with Gasteiger partial charge in [0, 0.05) is 38.6 Å². The van der Waals surface area contributed by atoms with Gasteiger partial charge in [-0.15, -0.1) is 24.0 Å². The van der Waals surface area contributed by atoms with Crippen molar-refractivity contribution < 1.29 is 5.11 Å². The molecule has 2 unspecified atom stereocenters. The minimum absolute atomic E-state index is 0. The zero-order chi connectivity index (χ0) is 17.0. The van der Waals surface area contributed by atoms with Gasteiger partial charge in [-0.3, -0.25) is 9.67 Å². The lowest BCUT2D eigenvalue weighted by Gasteiger charge is -2.24. The fourth-order valence-electron chi connectivity index (χ4n) is 3.47. The van der Waals surface area contributed by atoms with Gasteiger partial charge in [-0.05, 0) is 43.4 Å². The second-order valence-corrected chi connectivity index (χ2v) is 8.13. The Bertz CT molecular complexity index is 573. The Morgan fingerprint density at radius 1 is 1.56 bits per heavy atom. The minimum Gasteiger partial charge on any atom is -0.387 e. The number of aromatic nitrogens is 2. The monoisotopic (exact) mass is 479 g/mol. The molecule has 0 saturated carbocycles. The number of nitrogens with one attached hydrogen (secondary N) is 1. The number of halogens is 1. The molecular formula is C17H30IN5OS. The predicted octanol–water partition coefficient (Wildman–Crippen LogP) is 1.74. The van der Waals surface area contributed by atoms with Crippen molar-refractivity contribution in [2.45, 2.75) is 31.8 Å². The molecule has 0 bridgehead atoms. The van der Waals surface area contributed by atoms with E-state index in [4.69, 9.17) is 4.99 Å². The fourth-order valence-corrected chi connectivity index (χ4v) is 4.76. The van der Waals surface area contributed by atoms with E-state index in [0.717, 1.165) is 49.9 Å². The van der Waals surface area contributed by atoms with E-state index in [1.54, 1.807) is 0 Å². The summed E-state index contributed by atoms with van der Waals surface area (Å²) in [6.07, 6.45) is 7.18. The van der Waals surface area contributed by atoms with Gasteiger partial charge in [0.05, 0.1) is 18.3 Å². The molecule has 0 amide bonds. The van der Waals surface area contributed by atoms with Gasteiger partial charge in [0.25, 0.3) is 0 Å². The van der Waals surface area contributed by atoms with E-state index in [0.29, 0.717) is 12.5 Å². The van der Waals surface area contributed by atoms with E-state index in [1.165, 1.54) is 12.0 Å². The maximum absolute atomic E-state index is 10.5. The number of aryl methyl sites for hydroxylation is 1. The van der Waals surface area contributed by atoms with Crippen LogP contribution < -0.4 is 5.32 Å². The Labute approximate surface area is 171 Å². The van der Waals surface area contributed by atoms with E-state index in [1.807, 2.05) is 29.7 Å². The Kier molecular flexibility index (Phi) is 7.88. The number of likely N-dealkylation sites (tertiary alicyclic amines) is 1. The van der Waals surface area contributed by atoms with Crippen LogP contribution in [-0.2, 0) is 13.5 Å². The molecule has 0 aromatic carbocycles. The molecule has 1 aromatic heterocycles. The Morgan fingerprint density at radius 2 is 2.40 bits per heavy atom. The van der Waals surface area contributed by atoms with Crippen molar-refractivity contribution in [2.75, 3.05) is 37.7 Å². The molecular weight excluding hydrogens is 449 g/mol. The van der Waals surface area contributed by atoms with Gasteiger partial charge in [0.15, 0.2) is 5.96 Å². The second kappa shape index (κ2) is 9.45. The lowest BCUT2D eigenvalue weighted by Crippen LogP contribution is -2.42. The van der Waals surface area contributed by atoms with Crippen LogP contribution in [0.5, 0.6) is 0 Å². The standard InChI is InChI=1S/C17H29N5OS.HI/c1-3-18-16(19-12-17(23)5-7-24-13-17)22-6-4-14(11-22)8-15-9-20-21(2)10-15;/h9-10,14,23H,3-8,11-13H2,1-2H3,(H,18,19);1H. The Hall–Kier alpha value is -0.480. The van der Waals surface area contributed by atoms with Crippen LogP contribution in [0.4, 0.5) is 0 Å². The van der Waals surface area contributed by atoms with Gasteiger partial charge >= 0.3 is 0 Å². The van der Waals surface area contributed by atoms with Crippen molar-refractivity contribution >= 4 is 41.7 Å². The largest absolute Gasteiger partial charge is 0.387 e. The fraction of sp³-hybridized carbons (Fsp3) is 0.765. The van der Waals surface area contributed by atoms with Gasteiger partial charge in [0.1, 0.15) is 0 Å². The minimum atomic E-state index is -0.611. The number of rotatable bonds is 5. The van der Waals surface area contributed by atoms with Gasteiger partial charge in [0.2, 0.25) is 0 Å². The summed E-state index contributed by atoms with van der Waals surface area (Å²) in [6.45, 7) is 5.51. The summed E-state index contributed by atoms with van der Waals surface area (Å²) in [4.78, 5) is 7.09. The topological polar surface area (TPSA) is 65.7 Å². The number of hydrogen-bond acceptors (Lipinski definition) is 4. The highest BCUT2D eigenvalue weighted by Gasteiger charge is 2.32. The summed E-state index contributed by atoms with van der Waals surface area (Å²) >= 11 is 1.82. The van der Waals surface area contributed by atoms with E-state index in [2.05, 4.69) is 28.4 Å². The lowest BCUT2D eigenvalue weighted by atomic mass is 10.0.